The van der Waals surface area contributed by atoms with Crippen molar-refractivity contribution in [1.82, 2.24) is 14.8 Å². The van der Waals surface area contributed by atoms with Gasteiger partial charge in [-0.25, -0.2) is 13.4 Å². The second-order valence-electron chi connectivity index (χ2n) is 7.20. The van der Waals surface area contributed by atoms with Crippen LogP contribution in [0.2, 0.25) is 0 Å². The van der Waals surface area contributed by atoms with Crippen LogP contribution in [0.15, 0.2) is 71.1 Å². The molecule has 0 fully saturated rings. The van der Waals surface area contributed by atoms with Crippen molar-refractivity contribution in [1.29, 1.82) is 0 Å². The highest BCUT2D eigenvalue weighted by atomic mass is 32.2. The number of nitrogens with zero attached hydrogens (tertiary/aromatic N) is 3. The summed E-state index contributed by atoms with van der Waals surface area (Å²) in [6, 6.07) is 15.2. The quantitative estimate of drug-likeness (QED) is 0.428. The lowest BCUT2D eigenvalue weighted by atomic mass is 10.1. The molecule has 0 aliphatic heterocycles. The summed E-state index contributed by atoms with van der Waals surface area (Å²) in [5.74, 6) is -0.321. The number of nitrogens with one attached hydrogen (secondary N) is 2. The van der Waals surface area contributed by atoms with E-state index in [1.807, 2.05) is 42.9 Å². The molecule has 0 atom stereocenters. The summed E-state index contributed by atoms with van der Waals surface area (Å²) in [6.07, 6.45) is 3.02. The van der Waals surface area contributed by atoms with Crippen LogP contribution < -0.4 is 10.6 Å². The monoisotopic (exact) mass is 467 g/mol. The van der Waals surface area contributed by atoms with Gasteiger partial charge in [0.2, 0.25) is 0 Å². The van der Waals surface area contributed by atoms with Gasteiger partial charge in [0, 0.05) is 41.7 Å². The zero-order chi connectivity index (χ0) is 22.7. The Morgan fingerprint density at radius 3 is 2.59 bits per heavy atom. The minimum absolute atomic E-state index is 0.173. The maximum Gasteiger partial charge on any atom is 0.255 e. The highest BCUT2D eigenvalue weighted by Crippen LogP contribution is 2.27. The largest absolute Gasteiger partial charge is 0.356 e. The Bertz CT molecular complexity index is 1360. The minimum atomic E-state index is -3.30. The molecule has 2 heterocycles. The van der Waals surface area contributed by atoms with Crippen LogP contribution >= 0.6 is 11.3 Å². The number of thiazole rings is 1. The van der Waals surface area contributed by atoms with Crippen molar-refractivity contribution in [3.05, 3.63) is 77.4 Å². The van der Waals surface area contributed by atoms with Gasteiger partial charge in [0.25, 0.3) is 5.91 Å². The fourth-order valence-corrected chi connectivity index (χ4v) is 4.37. The van der Waals surface area contributed by atoms with Crippen molar-refractivity contribution < 1.29 is 13.2 Å². The second-order valence-corrected chi connectivity index (χ2v) is 10.1. The third-order valence-corrected chi connectivity index (χ3v) is 6.58. The summed E-state index contributed by atoms with van der Waals surface area (Å²) in [5, 5.41) is 13.2. The molecule has 0 bridgehead atoms. The van der Waals surface area contributed by atoms with Gasteiger partial charge in [0.1, 0.15) is 0 Å². The van der Waals surface area contributed by atoms with Crippen molar-refractivity contribution in [2.75, 3.05) is 16.9 Å². The first-order chi connectivity index (χ1) is 15.3. The standard InChI is InChI=1S/C22H21N5O3S2/c1-27-11-10-18(26-27)13-23-22-25-20(14-31-22)16-4-3-5-17(12-16)24-21(28)15-6-8-19(9-7-15)32(2,29)30/h3-12,14H,13H2,1-2H3,(H,23,25)(H,24,28). The molecule has 0 saturated carbocycles. The molecular formula is C22H21N5O3S2. The lowest BCUT2D eigenvalue weighted by Gasteiger charge is -2.07. The molecule has 4 aromatic rings. The molecule has 0 unspecified atom stereocenters. The van der Waals surface area contributed by atoms with Crippen LogP contribution in [0.3, 0.4) is 0 Å². The summed E-state index contributed by atoms with van der Waals surface area (Å²) in [6.45, 7) is 0.585. The molecule has 2 N–H and O–H groups in total. The number of hydrogen-bond acceptors (Lipinski definition) is 7. The normalized spacial score (nSPS) is 11.3. The van der Waals surface area contributed by atoms with Crippen LogP contribution in [-0.2, 0) is 23.4 Å². The molecular weight excluding hydrogens is 446 g/mol. The van der Waals surface area contributed by atoms with E-state index in [1.54, 1.807) is 10.7 Å². The Hall–Kier alpha value is -3.50. The molecule has 0 spiro atoms. The molecule has 0 radical (unpaired) electrons. The van der Waals surface area contributed by atoms with Crippen molar-refractivity contribution in [3.8, 4) is 11.3 Å². The number of amides is 1. The number of hydrogen-bond donors (Lipinski definition) is 2. The smallest absolute Gasteiger partial charge is 0.255 e. The van der Waals surface area contributed by atoms with Gasteiger partial charge in [-0.2, -0.15) is 5.10 Å². The number of rotatable bonds is 7. The van der Waals surface area contributed by atoms with Crippen LogP contribution in [0.25, 0.3) is 11.3 Å². The molecule has 8 nitrogen and oxygen atoms in total. The van der Waals surface area contributed by atoms with Crippen LogP contribution in [0.4, 0.5) is 10.8 Å². The molecule has 0 saturated heterocycles. The Morgan fingerprint density at radius 1 is 1.12 bits per heavy atom. The number of anilines is 2. The number of aryl methyl sites for hydroxylation is 1. The van der Waals surface area contributed by atoms with Crippen molar-refractivity contribution in [2.45, 2.75) is 11.4 Å². The van der Waals surface area contributed by atoms with Crippen LogP contribution in [0, 0.1) is 0 Å². The third-order valence-electron chi connectivity index (χ3n) is 4.65. The number of benzene rings is 2. The first-order valence-corrected chi connectivity index (χ1v) is 12.4. The topological polar surface area (TPSA) is 106 Å². The molecule has 0 aliphatic rings. The summed E-state index contributed by atoms with van der Waals surface area (Å²) >= 11 is 1.50. The summed E-state index contributed by atoms with van der Waals surface area (Å²) in [5.41, 5.74) is 3.59. The average Bonchev–Trinajstić information content (AvgIpc) is 3.41. The van der Waals surface area contributed by atoms with Gasteiger partial charge in [-0.1, -0.05) is 12.1 Å². The lowest BCUT2D eigenvalue weighted by molar-refractivity contribution is 0.102. The zero-order valence-corrected chi connectivity index (χ0v) is 19.1. The summed E-state index contributed by atoms with van der Waals surface area (Å²) in [4.78, 5) is 17.3. The Kier molecular flexibility index (Phi) is 6.06. The minimum Gasteiger partial charge on any atom is -0.356 e. The van der Waals surface area contributed by atoms with Gasteiger partial charge in [0.15, 0.2) is 15.0 Å². The first-order valence-electron chi connectivity index (χ1n) is 9.68. The van der Waals surface area contributed by atoms with E-state index in [-0.39, 0.29) is 10.8 Å². The fraction of sp³-hybridized carbons (Fsp3) is 0.136. The maximum atomic E-state index is 12.6. The van der Waals surface area contributed by atoms with Gasteiger partial charge < -0.3 is 10.6 Å². The van der Waals surface area contributed by atoms with E-state index in [0.29, 0.717) is 17.8 Å². The Morgan fingerprint density at radius 2 is 1.91 bits per heavy atom. The molecule has 4 rings (SSSR count). The Labute approximate surface area is 189 Å². The highest BCUT2D eigenvalue weighted by molar-refractivity contribution is 7.90. The van der Waals surface area contributed by atoms with E-state index in [9.17, 15) is 13.2 Å². The van der Waals surface area contributed by atoms with E-state index in [2.05, 4.69) is 20.7 Å². The van der Waals surface area contributed by atoms with Crippen molar-refractivity contribution in [3.63, 3.8) is 0 Å². The predicted molar refractivity (Wildman–Crippen MR) is 126 cm³/mol. The number of carbonyl (C=O) groups is 1. The first kappa shape index (κ1) is 21.7. The lowest BCUT2D eigenvalue weighted by Crippen LogP contribution is -2.12. The third kappa shape index (κ3) is 5.21. The molecule has 10 heteroatoms. The van der Waals surface area contributed by atoms with E-state index in [0.717, 1.165) is 28.3 Å². The number of aromatic nitrogens is 3. The molecule has 164 valence electrons. The molecule has 1 amide bonds. The fourth-order valence-electron chi connectivity index (χ4n) is 3.02. The predicted octanol–water partition coefficient (Wildman–Crippen LogP) is 3.81. The van der Waals surface area contributed by atoms with Gasteiger partial charge >= 0.3 is 0 Å². The molecule has 32 heavy (non-hydrogen) atoms. The van der Waals surface area contributed by atoms with Gasteiger partial charge in [-0.15, -0.1) is 11.3 Å². The van der Waals surface area contributed by atoms with Crippen LogP contribution in [0.1, 0.15) is 16.1 Å². The van der Waals surface area contributed by atoms with Crippen LogP contribution in [-0.4, -0.2) is 35.3 Å². The van der Waals surface area contributed by atoms with Gasteiger partial charge in [-0.3, -0.25) is 9.48 Å². The SMILES string of the molecule is Cn1ccc(CNc2nc(-c3cccc(NC(=O)c4ccc(S(C)(=O)=O)cc4)c3)cs2)n1. The van der Waals surface area contributed by atoms with E-state index >= 15 is 0 Å². The second kappa shape index (κ2) is 8.93. The van der Waals surface area contributed by atoms with Crippen molar-refractivity contribution in [2.24, 2.45) is 7.05 Å². The summed E-state index contributed by atoms with van der Waals surface area (Å²) < 4.78 is 24.9. The molecule has 0 aliphatic carbocycles. The number of sulfone groups is 1. The van der Waals surface area contributed by atoms with Crippen molar-refractivity contribution >= 4 is 37.9 Å². The van der Waals surface area contributed by atoms with Crippen LogP contribution in [0.5, 0.6) is 0 Å². The van der Waals surface area contributed by atoms with Gasteiger partial charge in [0.05, 0.1) is 22.8 Å². The summed E-state index contributed by atoms with van der Waals surface area (Å²) in [7, 11) is -1.43. The number of carbonyl (C=O) groups excluding carboxylic acids is 1. The highest BCUT2D eigenvalue weighted by Gasteiger charge is 2.11. The molecule has 2 aromatic heterocycles. The zero-order valence-electron chi connectivity index (χ0n) is 17.4. The van der Waals surface area contributed by atoms with E-state index in [4.69, 9.17) is 0 Å². The van der Waals surface area contributed by atoms with E-state index < -0.39 is 9.84 Å². The average molecular weight is 468 g/mol. The molecule has 2 aromatic carbocycles. The van der Waals surface area contributed by atoms with Gasteiger partial charge in [-0.05, 0) is 42.5 Å². The maximum absolute atomic E-state index is 12.6. The Balaban J connectivity index is 1.43. The van der Waals surface area contributed by atoms with E-state index in [1.165, 1.54) is 35.6 Å².